The Kier molecular flexibility index (Phi) is 2.85. The normalized spacial score (nSPS) is 20.6. The van der Waals surface area contributed by atoms with Crippen molar-refractivity contribution >= 4 is 34.7 Å². The third kappa shape index (κ3) is 1.73. The van der Waals surface area contributed by atoms with E-state index in [1.54, 1.807) is 12.1 Å². The van der Waals surface area contributed by atoms with Gasteiger partial charge < -0.3 is 16.8 Å². The minimum absolute atomic E-state index is 0.117. The minimum atomic E-state index is -0.418. The van der Waals surface area contributed by atoms with Crippen molar-refractivity contribution in [3.05, 3.63) is 50.9 Å². The first-order valence-electron chi connectivity index (χ1n) is 5.73. The fourth-order valence-corrected chi connectivity index (χ4v) is 2.92. The van der Waals surface area contributed by atoms with Gasteiger partial charge in [0.25, 0.3) is 0 Å². The number of nitrogens with two attached hydrogens (primary N) is 2. The fraction of sp³-hybridized carbons (Fsp3) is 0.0769. The van der Waals surface area contributed by atoms with Crippen LogP contribution in [0.1, 0.15) is 11.5 Å². The molecule has 1 aromatic carbocycles. The van der Waals surface area contributed by atoms with E-state index in [0.717, 1.165) is 11.3 Å². The first kappa shape index (κ1) is 12.9. The number of nitrogens with one attached hydrogen (secondary N) is 1. The van der Waals surface area contributed by atoms with Gasteiger partial charge in [-0.25, -0.2) is 4.99 Å². The first-order valence-corrected chi connectivity index (χ1v) is 6.49. The third-order valence-corrected chi connectivity index (χ3v) is 3.83. The quantitative estimate of drug-likeness (QED) is 0.640. The second-order valence-corrected chi connectivity index (χ2v) is 5.24. The van der Waals surface area contributed by atoms with Crippen LogP contribution in [-0.4, -0.2) is 5.84 Å². The SMILES string of the molecule is N#CC1=C(N)N=C(N)C2=C(Cl)Nc3cc(Cl)ccc3C12. The highest BCUT2D eigenvalue weighted by Crippen LogP contribution is 2.45. The van der Waals surface area contributed by atoms with E-state index in [-0.39, 0.29) is 11.7 Å². The second kappa shape index (κ2) is 4.44. The molecule has 0 aliphatic carbocycles. The molecular weight excluding hydrogens is 297 g/mol. The van der Waals surface area contributed by atoms with Crippen LogP contribution < -0.4 is 16.8 Å². The molecule has 0 fully saturated rings. The van der Waals surface area contributed by atoms with E-state index in [1.165, 1.54) is 0 Å². The Balaban J connectivity index is 2.30. The molecule has 0 spiro atoms. The molecule has 5 nitrogen and oxygen atoms in total. The number of amidine groups is 1. The maximum absolute atomic E-state index is 9.34. The van der Waals surface area contributed by atoms with E-state index in [2.05, 4.69) is 16.4 Å². The molecule has 2 aliphatic rings. The van der Waals surface area contributed by atoms with Crippen molar-refractivity contribution in [1.29, 1.82) is 5.26 Å². The van der Waals surface area contributed by atoms with Crippen LogP contribution in [0.25, 0.3) is 0 Å². The molecule has 1 atom stereocenters. The molecule has 5 N–H and O–H groups in total. The number of nitrogens with zero attached hydrogens (tertiary/aromatic N) is 2. The van der Waals surface area contributed by atoms with Gasteiger partial charge in [0.2, 0.25) is 0 Å². The zero-order valence-corrected chi connectivity index (χ0v) is 11.6. The van der Waals surface area contributed by atoms with Gasteiger partial charge in [-0.15, -0.1) is 0 Å². The van der Waals surface area contributed by atoms with Gasteiger partial charge >= 0.3 is 0 Å². The van der Waals surface area contributed by atoms with Crippen molar-refractivity contribution in [3.8, 4) is 6.07 Å². The van der Waals surface area contributed by atoms with Crippen LogP contribution >= 0.6 is 23.2 Å². The van der Waals surface area contributed by atoms with Gasteiger partial charge in [-0.05, 0) is 17.7 Å². The van der Waals surface area contributed by atoms with Gasteiger partial charge in [0, 0.05) is 16.3 Å². The molecule has 0 radical (unpaired) electrons. The number of hydrogen-bond donors (Lipinski definition) is 3. The summed E-state index contributed by atoms with van der Waals surface area (Å²) in [6.45, 7) is 0. The van der Waals surface area contributed by atoms with Gasteiger partial charge in [-0.3, -0.25) is 0 Å². The zero-order valence-electron chi connectivity index (χ0n) is 10.1. The molecule has 3 rings (SSSR count). The molecule has 20 heavy (non-hydrogen) atoms. The van der Waals surface area contributed by atoms with Crippen LogP contribution in [0.2, 0.25) is 5.02 Å². The second-order valence-electron chi connectivity index (χ2n) is 4.43. The van der Waals surface area contributed by atoms with E-state index < -0.39 is 5.92 Å². The van der Waals surface area contributed by atoms with Crippen LogP contribution in [0.15, 0.2) is 45.3 Å². The van der Waals surface area contributed by atoms with E-state index >= 15 is 0 Å². The minimum Gasteiger partial charge on any atom is -0.383 e. The van der Waals surface area contributed by atoms with E-state index in [0.29, 0.717) is 21.3 Å². The Bertz CT molecular complexity index is 755. The van der Waals surface area contributed by atoms with Crippen LogP contribution in [-0.2, 0) is 0 Å². The van der Waals surface area contributed by atoms with Crippen LogP contribution in [0.5, 0.6) is 0 Å². The topological polar surface area (TPSA) is 100 Å². The Morgan fingerprint density at radius 1 is 1.30 bits per heavy atom. The number of allylic oxidation sites excluding steroid dienone is 1. The number of hydrogen-bond acceptors (Lipinski definition) is 5. The summed E-state index contributed by atoms with van der Waals surface area (Å²) in [6, 6.07) is 7.39. The number of halogens is 2. The van der Waals surface area contributed by atoms with E-state index in [9.17, 15) is 5.26 Å². The smallest absolute Gasteiger partial charge is 0.140 e. The summed E-state index contributed by atoms with van der Waals surface area (Å²) < 4.78 is 0. The zero-order chi connectivity index (χ0) is 14.4. The van der Waals surface area contributed by atoms with Crippen LogP contribution in [0.4, 0.5) is 5.69 Å². The highest BCUT2D eigenvalue weighted by atomic mass is 35.5. The molecule has 7 heteroatoms. The summed E-state index contributed by atoms with van der Waals surface area (Å²) in [5.41, 5.74) is 14.1. The average molecular weight is 306 g/mol. The number of fused-ring (bicyclic) bond motifs is 3. The summed E-state index contributed by atoms with van der Waals surface area (Å²) in [5, 5.41) is 13.3. The van der Waals surface area contributed by atoms with Crippen molar-refractivity contribution in [1.82, 2.24) is 0 Å². The lowest BCUT2D eigenvalue weighted by Gasteiger charge is -2.31. The number of rotatable bonds is 0. The summed E-state index contributed by atoms with van der Waals surface area (Å²) in [7, 11) is 0. The Morgan fingerprint density at radius 3 is 2.75 bits per heavy atom. The molecule has 0 saturated heterocycles. The molecule has 100 valence electrons. The van der Waals surface area contributed by atoms with Gasteiger partial charge in [-0.1, -0.05) is 29.3 Å². The predicted molar refractivity (Wildman–Crippen MR) is 79.1 cm³/mol. The fourth-order valence-electron chi connectivity index (χ4n) is 2.44. The van der Waals surface area contributed by atoms with Gasteiger partial charge in [0.15, 0.2) is 0 Å². The molecule has 0 bridgehead atoms. The lowest BCUT2D eigenvalue weighted by atomic mass is 9.80. The summed E-state index contributed by atoms with van der Waals surface area (Å²) >= 11 is 12.2. The van der Waals surface area contributed by atoms with Crippen molar-refractivity contribution < 1.29 is 0 Å². The highest BCUT2D eigenvalue weighted by molar-refractivity contribution is 6.34. The molecule has 0 aromatic heterocycles. The van der Waals surface area contributed by atoms with Gasteiger partial charge in [0.1, 0.15) is 16.8 Å². The standard InChI is InChI=1S/C13H9Cl2N5/c14-5-1-2-6-8(3-5)19-11(15)10-9(6)7(4-16)12(17)20-13(10)18/h1-3,9,19H,17H2,(H2,18,20). The number of aliphatic imine (C=N–C) groups is 1. The molecule has 2 heterocycles. The van der Waals surface area contributed by atoms with E-state index in [1.807, 2.05) is 6.07 Å². The van der Waals surface area contributed by atoms with Crippen LogP contribution in [0.3, 0.4) is 0 Å². The molecular formula is C13H9Cl2N5. The predicted octanol–water partition coefficient (Wildman–Crippen LogP) is 2.36. The van der Waals surface area contributed by atoms with E-state index in [4.69, 9.17) is 34.7 Å². The first-order chi connectivity index (χ1) is 9.52. The number of benzene rings is 1. The lowest BCUT2D eigenvalue weighted by molar-refractivity contribution is 0.912. The van der Waals surface area contributed by atoms with Crippen molar-refractivity contribution in [2.24, 2.45) is 16.5 Å². The third-order valence-electron chi connectivity index (χ3n) is 3.30. The van der Waals surface area contributed by atoms with Crippen molar-refractivity contribution in [3.63, 3.8) is 0 Å². The molecule has 0 saturated carbocycles. The maximum Gasteiger partial charge on any atom is 0.140 e. The largest absolute Gasteiger partial charge is 0.383 e. The molecule has 0 amide bonds. The Labute approximate surface area is 125 Å². The average Bonchev–Trinajstić information content (AvgIpc) is 2.37. The summed E-state index contributed by atoms with van der Waals surface area (Å²) in [6.07, 6.45) is 0. The van der Waals surface area contributed by atoms with Crippen LogP contribution in [0, 0.1) is 11.3 Å². The molecule has 1 aromatic rings. The summed E-state index contributed by atoms with van der Waals surface area (Å²) in [4.78, 5) is 3.98. The maximum atomic E-state index is 9.34. The van der Waals surface area contributed by atoms with Crippen molar-refractivity contribution in [2.45, 2.75) is 5.92 Å². The van der Waals surface area contributed by atoms with Gasteiger partial charge in [0.05, 0.1) is 17.6 Å². The highest BCUT2D eigenvalue weighted by Gasteiger charge is 2.36. The lowest BCUT2D eigenvalue weighted by Crippen LogP contribution is -2.31. The molecule has 1 unspecified atom stereocenters. The van der Waals surface area contributed by atoms with Crippen molar-refractivity contribution in [2.75, 3.05) is 5.32 Å². The monoisotopic (exact) mass is 305 g/mol. The van der Waals surface area contributed by atoms with Gasteiger partial charge in [-0.2, -0.15) is 5.26 Å². The number of anilines is 1. The Hall–Kier alpha value is -2.16. The molecule has 2 aliphatic heterocycles. The summed E-state index contributed by atoms with van der Waals surface area (Å²) in [5.74, 6) is -0.0888. The Morgan fingerprint density at radius 2 is 2.05 bits per heavy atom. The number of nitriles is 1.